The standard InChI is InChI=1S/C17H11F4N3O4/c1-28-16(25)15(9-2-4-10(5-3-9)17(19,20)21)23-8-12-13(22-23)6-11(18)7-14(12)24(26)27/h2-8,15H,1H3. The van der Waals surface area contributed by atoms with Crippen LogP contribution in [0.1, 0.15) is 17.2 Å². The van der Waals surface area contributed by atoms with Crippen LogP contribution in [-0.2, 0) is 15.7 Å². The Bertz CT molecular complexity index is 1060. The van der Waals surface area contributed by atoms with Gasteiger partial charge >= 0.3 is 12.1 Å². The zero-order valence-corrected chi connectivity index (χ0v) is 14.1. The number of methoxy groups -OCH3 is 1. The molecule has 3 rings (SSSR count). The van der Waals surface area contributed by atoms with Crippen LogP contribution < -0.4 is 0 Å². The van der Waals surface area contributed by atoms with Crippen LogP contribution >= 0.6 is 0 Å². The third-order valence-corrected chi connectivity index (χ3v) is 4.03. The monoisotopic (exact) mass is 397 g/mol. The molecule has 146 valence electrons. The maximum atomic E-state index is 13.6. The van der Waals surface area contributed by atoms with E-state index >= 15 is 0 Å². The Labute approximate surface area is 154 Å². The Balaban J connectivity index is 2.14. The molecule has 0 N–H and O–H groups in total. The van der Waals surface area contributed by atoms with Gasteiger partial charge in [-0.05, 0) is 17.7 Å². The van der Waals surface area contributed by atoms with Gasteiger partial charge in [0.15, 0.2) is 6.04 Å². The quantitative estimate of drug-likeness (QED) is 0.289. The maximum Gasteiger partial charge on any atom is 0.416 e. The van der Waals surface area contributed by atoms with Crippen molar-refractivity contribution in [2.75, 3.05) is 7.11 Å². The van der Waals surface area contributed by atoms with Gasteiger partial charge in [0.2, 0.25) is 0 Å². The fourth-order valence-electron chi connectivity index (χ4n) is 2.74. The molecule has 11 heteroatoms. The van der Waals surface area contributed by atoms with Gasteiger partial charge in [0.25, 0.3) is 5.69 Å². The maximum absolute atomic E-state index is 13.6. The lowest BCUT2D eigenvalue weighted by Crippen LogP contribution is -2.22. The van der Waals surface area contributed by atoms with Crippen LogP contribution in [0.15, 0.2) is 42.6 Å². The van der Waals surface area contributed by atoms with Crippen molar-refractivity contribution in [1.82, 2.24) is 9.78 Å². The molecule has 0 radical (unpaired) electrons. The van der Waals surface area contributed by atoms with E-state index in [1.54, 1.807) is 0 Å². The fourth-order valence-corrected chi connectivity index (χ4v) is 2.74. The highest BCUT2D eigenvalue weighted by molar-refractivity contribution is 5.88. The number of benzene rings is 2. The molecule has 3 aromatic rings. The normalized spacial score (nSPS) is 12.8. The van der Waals surface area contributed by atoms with Crippen LogP contribution in [0.2, 0.25) is 0 Å². The predicted molar refractivity (Wildman–Crippen MR) is 87.9 cm³/mol. The summed E-state index contributed by atoms with van der Waals surface area (Å²) in [6, 6.07) is 4.06. The van der Waals surface area contributed by atoms with E-state index in [9.17, 15) is 32.5 Å². The minimum atomic E-state index is -4.56. The molecule has 2 aromatic carbocycles. The summed E-state index contributed by atoms with van der Waals surface area (Å²) in [7, 11) is 1.07. The number of hydrogen-bond acceptors (Lipinski definition) is 5. The van der Waals surface area contributed by atoms with Crippen molar-refractivity contribution in [2.45, 2.75) is 12.2 Å². The Kier molecular flexibility index (Phi) is 4.75. The summed E-state index contributed by atoms with van der Waals surface area (Å²) in [6.07, 6.45) is -3.41. The number of hydrogen-bond donors (Lipinski definition) is 0. The summed E-state index contributed by atoms with van der Waals surface area (Å²) < 4.78 is 57.6. The number of halogens is 4. The number of aromatic nitrogens is 2. The summed E-state index contributed by atoms with van der Waals surface area (Å²) >= 11 is 0. The third-order valence-electron chi connectivity index (χ3n) is 4.03. The van der Waals surface area contributed by atoms with Crippen LogP contribution in [0.4, 0.5) is 23.2 Å². The Morgan fingerprint density at radius 1 is 1.25 bits per heavy atom. The van der Waals surface area contributed by atoms with Crippen molar-refractivity contribution in [2.24, 2.45) is 0 Å². The Morgan fingerprint density at radius 2 is 1.89 bits per heavy atom. The molecule has 0 saturated heterocycles. The number of fused-ring (bicyclic) bond motifs is 1. The number of nitro benzene ring substituents is 1. The average molecular weight is 397 g/mol. The molecule has 1 aromatic heterocycles. The summed E-state index contributed by atoms with van der Waals surface area (Å²) in [6.45, 7) is 0. The number of carbonyl (C=O) groups is 1. The lowest BCUT2D eigenvalue weighted by atomic mass is 10.0. The summed E-state index contributed by atoms with van der Waals surface area (Å²) in [5.41, 5.74) is -1.45. The summed E-state index contributed by atoms with van der Waals surface area (Å²) in [4.78, 5) is 22.6. The van der Waals surface area contributed by atoms with Gasteiger partial charge in [-0.2, -0.15) is 18.3 Å². The van der Waals surface area contributed by atoms with E-state index in [0.717, 1.165) is 48.3 Å². The number of ether oxygens (including phenoxy) is 1. The van der Waals surface area contributed by atoms with Gasteiger partial charge in [0.05, 0.1) is 29.0 Å². The Morgan fingerprint density at radius 3 is 2.43 bits per heavy atom. The molecule has 0 aliphatic heterocycles. The highest BCUT2D eigenvalue weighted by Crippen LogP contribution is 2.32. The third kappa shape index (κ3) is 3.50. The zero-order chi connectivity index (χ0) is 20.6. The van der Waals surface area contributed by atoms with E-state index in [1.807, 2.05) is 0 Å². The van der Waals surface area contributed by atoms with Crippen LogP contribution in [-0.4, -0.2) is 27.8 Å². The number of carbonyl (C=O) groups excluding carboxylic acids is 1. The molecule has 0 saturated carbocycles. The predicted octanol–water partition coefficient (Wildman–Crippen LogP) is 3.86. The van der Waals surface area contributed by atoms with Gasteiger partial charge in [-0.15, -0.1) is 0 Å². The van der Waals surface area contributed by atoms with Crippen molar-refractivity contribution < 1.29 is 32.0 Å². The summed E-state index contributed by atoms with van der Waals surface area (Å²) in [5.74, 6) is -1.76. The first-order chi connectivity index (χ1) is 13.1. The highest BCUT2D eigenvalue weighted by atomic mass is 19.4. The Hall–Kier alpha value is -3.50. The zero-order valence-electron chi connectivity index (χ0n) is 14.1. The van der Waals surface area contributed by atoms with Crippen molar-refractivity contribution in [3.8, 4) is 0 Å². The number of non-ortho nitro benzene ring substituents is 1. The molecule has 0 fully saturated rings. The number of esters is 1. The first kappa shape index (κ1) is 19.3. The SMILES string of the molecule is COC(=O)C(c1ccc(C(F)(F)F)cc1)n1cc2c([N+](=O)[O-])cc(F)cc2n1. The van der Waals surface area contributed by atoms with Gasteiger partial charge in [-0.1, -0.05) is 12.1 Å². The molecule has 1 atom stereocenters. The van der Waals surface area contributed by atoms with Crippen LogP contribution in [0, 0.1) is 15.9 Å². The second-order valence-corrected chi connectivity index (χ2v) is 5.77. The van der Waals surface area contributed by atoms with Crippen LogP contribution in [0.3, 0.4) is 0 Å². The van der Waals surface area contributed by atoms with Crippen LogP contribution in [0.5, 0.6) is 0 Å². The van der Waals surface area contributed by atoms with Gasteiger partial charge in [-0.3, -0.25) is 14.8 Å². The molecule has 0 amide bonds. The van der Waals surface area contributed by atoms with Crippen molar-refractivity contribution in [3.63, 3.8) is 0 Å². The van der Waals surface area contributed by atoms with Crippen molar-refractivity contribution in [1.29, 1.82) is 0 Å². The van der Waals surface area contributed by atoms with Crippen LogP contribution in [0.25, 0.3) is 10.9 Å². The molecule has 7 nitrogen and oxygen atoms in total. The first-order valence-electron chi connectivity index (χ1n) is 7.69. The number of rotatable bonds is 4. The van der Waals surface area contributed by atoms with E-state index in [-0.39, 0.29) is 16.5 Å². The van der Waals surface area contributed by atoms with E-state index in [4.69, 9.17) is 0 Å². The molecule has 0 aliphatic rings. The number of nitrogens with zero attached hydrogens (tertiary/aromatic N) is 3. The minimum Gasteiger partial charge on any atom is -0.467 e. The smallest absolute Gasteiger partial charge is 0.416 e. The molecule has 1 unspecified atom stereocenters. The van der Waals surface area contributed by atoms with E-state index in [1.165, 1.54) is 0 Å². The molecule has 0 bridgehead atoms. The van der Waals surface area contributed by atoms with Gasteiger partial charge in [-0.25, -0.2) is 9.18 Å². The van der Waals surface area contributed by atoms with E-state index < -0.39 is 40.2 Å². The van der Waals surface area contributed by atoms with E-state index in [2.05, 4.69) is 9.84 Å². The molecular formula is C17H11F4N3O4. The highest BCUT2D eigenvalue weighted by Gasteiger charge is 2.32. The number of nitro groups is 1. The minimum absolute atomic E-state index is 0.0350. The molecular weight excluding hydrogens is 386 g/mol. The van der Waals surface area contributed by atoms with Crippen molar-refractivity contribution >= 4 is 22.6 Å². The lowest BCUT2D eigenvalue weighted by molar-refractivity contribution is -0.383. The van der Waals surface area contributed by atoms with Gasteiger partial charge in [0.1, 0.15) is 11.3 Å². The fraction of sp³-hybridized carbons (Fsp3) is 0.176. The lowest BCUT2D eigenvalue weighted by Gasteiger charge is -2.16. The molecule has 0 spiro atoms. The second kappa shape index (κ2) is 6.91. The van der Waals surface area contributed by atoms with Crippen molar-refractivity contribution in [3.05, 3.63) is 69.7 Å². The molecule has 28 heavy (non-hydrogen) atoms. The average Bonchev–Trinajstić information content (AvgIpc) is 3.03. The van der Waals surface area contributed by atoms with Gasteiger partial charge < -0.3 is 4.74 Å². The topological polar surface area (TPSA) is 87.3 Å². The largest absolute Gasteiger partial charge is 0.467 e. The second-order valence-electron chi connectivity index (χ2n) is 5.77. The van der Waals surface area contributed by atoms with E-state index in [0.29, 0.717) is 6.07 Å². The first-order valence-corrected chi connectivity index (χ1v) is 7.69. The molecule has 1 heterocycles. The molecule has 0 aliphatic carbocycles. The number of alkyl halides is 3. The summed E-state index contributed by atoms with van der Waals surface area (Å²) in [5, 5.41) is 15.1. The van der Waals surface area contributed by atoms with Gasteiger partial charge in [0, 0.05) is 12.3 Å².